The molecule has 4 amide bonds. The van der Waals surface area contributed by atoms with Gasteiger partial charge in [-0.15, -0.1) is 0 Å². The number of likely N-dealkylation sites (tertiary alicyclic amines) is 1. The topological polar surface area (TPSA) is 87.5 Å². The molecule has 8 nitrogen and oxygen atoms in total. The standard InChI is InChI=1S/C18H20ClN5O3/c1-11-10-24(12-2-5-22(6-3-12)17(19)26)16-14(11)8-13(9-20-16)23-7-4-15(25)21-18(23)27/h8-10,12H,2-7H2,1H3,(H,21,25,27). The number of hydrogen-bond acceptors (Lipinski definition) is 4. The van der Waals surface area contributed by atoms with Gasteiger partial charge >= 0.3 is 11.4 Å². The Morgan fingerprint density at radius 1 is 1.26 bits per heavy atom. The molecule has 2 aliphatic heterocycles. The maximum Gasteiger partial charge on any atom is 0.328 e. The van der Waals surface area contributed by atoms with Crippen molar-refractivity contribution >= 4 is 45.6 Å². The minimum Gasteiger partial charge on any atom is -0.329 e. The molecule has 0 bridgehead atoms. The minimum atomic E-state index is -0.414. The summed E-state index contributed by atoms with van der Waals surface area (Å²) >= 11 is 5.57. The van der Waals surface area contributed by atoms with Gasteiger partial charge in [-0.05, 0) is 43.0 Å². The van der Waals surface area contributed by atoms with Crippen LogP contribution in [0, 0.1) is 6.92 Å². The van der Waals surface area contributed by atoms with Crippen molar-refractivity contribution in [2.75, 3.05) is 24.5 Å². The normalized spacial score (nSPS) is 18.9. The first-order valence-electron chi connectivity index (χ1n) is 8.97. The molecular weight excluding hydrogens is 370 g/mol. The molecule has 0 aliphatic carbocycles. The Morgan fingerprint density at radius 2 is 2.00 bits per heavy atom. The largest absolute Gasteiger partial charge is 0.329 e. The SMILES string of the molecule is Cc1cn(C2CCN(C(=O)Cl)CC2)c2ncc(N3CCC(=O)NC3=O)cc12. The van der Waals surface area contributed by atoms with Crippen molar-refractivity contribution in [3.63, 3.8) is 0 Å². The summed E-state index contributed by atoms with van der Waals surface area (Å²) in [6.45, 7) is 3.63. The molecule has 2 aliphatic rings. The molecule has 2 saturated heterocycles. The Hall–Kier alpha value is -2.61. The Bertz CT molecular complexity index is 932. The van der Waals surface area contributed by atoms with Gasteiger partial charge in [0.2, 0.25) is 5.91 Å². The zero-order valence-electron chi connectivity index (χ0n) is 14.9. The Kier molecular flexibility index (Phi) is 4.51. The highest BCUT2D eigenvalue weighted by molar-refractivity contribution is 6.62. The fraction of sp³-hybridized carbons (Fsp3) is 0.444. The molecule has 0 radical (unpaired) electrons. The highest BCUT2D eigenvalue weighted by Gasteiger charge is 2.27. The molecule has 0 unspecified atom stereocenters. The molecule has 27 heavy (non-hydrogen) atoms. The molecule has 2 aromatic rings. The van der Waals surface area contributed by atoms with Crippen LogP contribution in [0.15, 0.2) is 18.5 Å². The monoisotopic (exact) mass is 389 g/mol. The number of halogens is 1. The zero-order chi connectivity index (χ0) is 19.1. The molecule has 2 fully saturated rings. The van der Waals surface area contributed by atoms with Gasteiger partial charge in [-0.1, -0.05) is 0 Å². The number of aromatic nitrogens is 2. The smallest absolute Gasteiger partial charge is 0.328 e. The predicted octanol–water partition coefficient (Wildman–Crippen LogP) is 2.79. The number of anilines is 1. The second-order valence-electron chi connectivity index (χ2n) is 7.01. The maximum absolute atomic E-state index is 12.1. The van der Waals surface area contributed by atoms with Gasteiger partial charge < -0.3 is 9.47 Å². The third-order valence-electron chi connectivity index (χ3n) is 5.33. The number of nitrogens with one attached hydrogen (secondary N) is 1. The summed E-state index contributed by atoms with van der Waals surface area (Å²) in [4.78, 5) is 42.5. The summed E-state index contributed by atoms with van der Waals surface area (Å²) < 4.78 is 2.16. The average molecular weight is 390 g/mol. The van der Waals surface area contributed by atoms with Crippen molar-refractivity contribution in [1.29, 1.82) is 0 Å². The molecule has 0 aromatic carbocycles. The number of pyridine rings is 1. The predicted molar refractivity (Wildman–Crippen MR) is 101 cm³/mol. The van der Waals surface area contributed by atoms with Crippen molar-refractivity contribution in [2.24, 2.45) is 0 Å². The van der Waals surface area contributed by atoms with Crippen LogP contribution in [0.25, 0.3) is 11.0 Å². The van der Waals surface area contributed by atoms with E-state index in [1.807, 2.05) is 13.0 Å². The van der Waals surface area contributed by atoms with E-state index in [-0.39, 0.29) is 18.4 Å². The van der Waals surface area contributed by atoms with Crippen LogP contribution < -0.4 is 10.2 Å². The molecule has 0 spiro atoms. The van der Waals surface area contributed by atoms with Crippen LogP contribution in [-0.4, -0.2) is 51.4 Å². The van der Waals surface area contributed by atoms with Crippen LogP contribution in [-0.2, 0) is 4.79 Å². The number of hydrogen-bond donors (Lipinski definition) is 1. The van der Waals surface area contributed by atoms with Gasteiger partial charge in [-0.25, -0.2) is 9.78 Å². The number of nitrogens with zero attached hydrogens (tertiary/aromatic N) is 4. The number of fused-ring (bicyclic) bond motifs is 1. The number of amides is 4. The number of aryl methyl sites for hydroxylation is 1. The van der Waals surface area contributed by atoms with E-state index in [9.17, 15) is 14.4 Å². The van der Waals surface area contributed by atoms with E-state index in [1.54, 1.807) is 11.1 Å². The molecule has 1 N–H and O–H groups in total. The van der Waals surface area contributed by atoms with Crippen LogP contribution in [0.1, 0.15) is 30.9 Å². The Morgan fingerprint density at radius 3 is 2.67 bits per heavy atom. The lowest BCUT2D eigenvalue weighted by molar-refractivity contribution is -0.120. The maximum atomic E-state index is 12.1. The summed E-state index contributed by atoms with van der Waals surface area (Å²) in [6.07, 6.45) is 5.67. The van der Waals surface area contributed by atoms with Crippen LogP contribution in [0.2, 0.25) is 0 Å². The lowest BCUT2D eigenvalue weighted by Gasteiger charge is -2.31. The van der Waals surface area contributed by atoms with E-state index in [0.717, 1.165) is 29.4 Å². The number of piperidine rings is 1. The van der Waals surface area contributed by atoms with E-state index in [1.165, 1.54) is 4.90 Å². The summed E-state index contributed by atoms with van der Waals surface area (Å²) in [6, 6.07) is 1.78. The highest BCUT2D eigenvalue weighted by atomic mass is 35.5. The van der Waals surface area contributed by atoms with Crippen LogP contribution in [0.5, 0.6) is 0 Å². The summed E-state index contributed by atoms with van der Waals surface area (Å²) in [7, 11) is 0. The lowest BCUT2D eigenvalue weighted by Crippen LogP contribution is -2.49. The second kappa shape index (κ2) is 6.84. The number of carbonyl (C=O) groups is 3. The first kappa shape index (κ1) is 17.8. The second-order valence-corrected chi connectivity index (χ2v) is 7.33. The molecule has 4 heterocycles. The first-order valence-corrected chi connectivity index (χ1v) is 9.35. The number of urea groups is 1. The third-order valence-corrected chi connectivity index (χ3v) is 5.57. The summed E-state index contributed by atoms with van der Waals surface area (Å²) in [5, 5.41) is 2.91. The molecule has 142 valence electrons. The molecular formula is C18H20ClN5O3. The van der Waals surface area contributed by atoms with Crippen LogP contribution >= 0.6 is 11.6 Å². The van der Waals surface area contributed by atoms with E-state index in [0.29, 0.717) is 25.3 Å². The van der Waals surface area contributed by atoms with Gasteiger partial charge in [0.25, 0.3) is 0 Å². The number of carbonyl (C=O) groups excluding carboxylic acids is 3. The van der Waals surface area contributed by atoms with Gasteiger partial charge in [0, 0.05) is 43.7 Å². The lowest BCUT2D eigenvalue weighted by atomic mass is 10.1. The molecule has 0 atom stereocenters. The number of imide groups is 1. The Balaban J connectivity index is 1.61. The van der Waals surface area contributed by atoms with E-state index in [4.69, 9.17) is 11.6 Å². The van der Waals surface area contributed by atoms with Crippen molar-refractivity contribution in [3.8, 4) is 0 Å². The molecule has 2 aromatic heterocycles. The molecule has 0 saturated carbocycles. The quantitative estimate of drug-likeness (QED) is 0.632. The van der Waals surface area contributed by atoms with E-state index < -0.39 is 11.4 Å². The van der Waals surface area contributed by atoms with Gasteiger partial charge in [-0.2, -0.15) is 0 Å². The minimum absolute atomic E-state index is 0.253. The summed E-state index contributed by atoms with van der Waals surface area (Å²) in [5.41, 5.74) is 2.61. The van der Waals surface area contributed by atoms with Gasteiger partial charge in [0.05, 0.1) is 11.9 Å². The van der Waals surface area contributed by atoms with Gasteiger partial charge in [0.15, 0.2) is 0 Å². The van der Waals surface area contributed by atoms with Crippen molar-refractivity contribution in [2.45, 2.75) is 32.2 Å². The van der Waals surface area contributed by atoms with Crippen LogP contribution in [0.4, 0.5) is 15.3 Å². The van der Waals surface area contributed by atoms with Crippen LogP contribution in [0.3, 0.4) is 0 Å². The van der Waals surface area contributed by atoms with Crippen molar-refractivity contribution in [1.82, 2.24) is 19.8 Å². The zero-order valence-corrected chi connectivity index (χ0v) is 15.7. The highest BCUT2D eigenvalue weighted by Crippen LogP contribution is 2.31. The first-order chi connectivity index (χ1) is 12.9. The Labute approximate surface area is 161 Å². The fourth-order valence-electron chi connectivity index (χ4n) is 3.84. The molecule has 9 heteroatoms. The van der Waals surface area contributed by atoms with Gasteiger partial charge in [-0.3, -0.25) is 19.8 Å². The number of rotatable bonds is 2. The van der Waals surface area contributed by atoms with E-state index >= 15 is 0 Å². The average Bonchev–Trinajstić information content (AvgIpc) is 2.98. The van der Waals surface area contributed by atoms with Crippen molar-refractivity contribution in [3.05, 3.63) is 24.0 Å². The summed E-state index contributed by atoms with van der Waals surface area (Å²) in [5.74, 6) is -0.255. The van der Waals surface area contributed by atoms with E-state index in [2.05, 4.69) is 21.1 Å². The fourth-order valence-corrected chi connectivity index (χ4v) is 4.01. The van der Waals surface area contributed by atoms with Crippen molar-refractivity contribution < 1.29 is 14.4 Å². The third kappa shape index (κ3) is 3.25. The molecule has 4 rings (SSSR count). The van der Waals surface area contributed by atoms with Gasteiger partial charge in [0.1, 0.15) is 5.65 Å².